The number of nitrogens with zero attached hydrogens (tertiary/aromatic N) is 5. The van der Waals surface area contributed by atoms with Crippen molar-refractivity contribution in [2.45, 2.75) is 5.60 Å². The molecular formula is C30H22N6O3S. The molecule has 2 aromatic heterocycles. The molecule has 0 saturated heterocycles. The summed E-state index contributed by atoms with van der Waals surface area (Å²) in [4.78, 5) is 22.9. The molecule has 6 aromatic rings. The lowest BCUT2D eigenvalue weighted by Crippen LogP contribution is -2.33. The summed E-state index contributed by atoms with van der Waals surface area (Å²) in [5.74, 6) is -1.30. The van der Waals surface area contributed by atoms with Gasteiger partial charge >= 0.3 is 5.97 Å². The van der Waals surface area contributed by atoms with E-state index in [-0.39, 0.29) is 16.5 Å². The monoisotopic (exact) mass is 546 g/mol. The standard InChI is InChI=1S/C30H22N6O3S/c31-29-32-24(19-40-29)27(28(37)38)34-39-30(20-11-3-1-4-12-20,21-13-5-2-6-14-21)22-15-7-9-17-25(22)36-26-18-10-8-16-23(26)33-35-36/h1-19H,(H2,31,32)(H,37,38)/b34-27-. The molecule has 4 aromatic carbocycles. The minimum atomic E-state index is -1.39. The van der Waals surface area contributed by atoms with Gasteiger partial charge in [-0.2, -0.15) is 0 Å². The second-order valence-electron chi connectivity index (χ2n) is 8.83. The van der Waals surface area contributed by atoms with E-state index in [0.29, 0.717) is 11.3 Å². The normalized spacial score (nSPS) is 11.9. The van der Waals surface area contributed by atoms with Crippen molar-refractivity contribution in [3.05, 3.63) is 137 Å². The van der Waals surface area contributed by atoms with Crippen molar-refractivity contribution in [2.24, 2.45) is 5.16 Å². The van der Waals surface area contributed by atoms with E-state index < -0.39 is 11.6 Å². The fourth-order valence-electron chi connectivity index (χ4n) is 4.69. The number of aliphatic carboxylic acids is 1. The first-order valence-electron chi connectivity index (χ1n) is 12.3. The van der Waals surface area contributed by atoms with Crippen LogP contribution in [0.5, 0.6) is 0 Å². The van der Waals surface area contributed by atoms with Crippen LogP contribution in [-0.2, 0) is 15.2 Å². The van der Waals surface area contributed by atoms with Crippen molar-refractivity contribution in [1.29, 1.82) is 0 Å². The van der Waals surface area contributed by atoms with Gasteiger partial charge in [0.05, 0.1) is 11.2 Å². The van der Waals surface area contributed by atoms with Gasteiger partial charge in [-0.25, -0.2) is 14.5 Å². The lowest BCUT2D eigenvalue weighted by Gasteiger charge is -2.34. The molecule has 0 saturated carbocycles. The van der Waals surface area contributed by atoms with Crippen LogP contribution in [0.2, 0.25) is 0 Å². The Balaban J connectivity index is 1.66. The highest BCUT2D eigenvalue weighted by atomic mass is 32.1. The van der Waals surface area contributed by atoms with E-state index in [1.165, 1.54) is 5.38 Å². The Morgan fingerprint density at radius 1 is 0.875 bits per heavy atom. The highest BCUT2D eigenvalue weighted by molar-refractivity contribution is 7.13. The molecular weight excluding hydrogens is 524 g/mol. The van der Waals surface area contributed by atoms with E-state index in [4.69, 9.17) is 10.6 Å². The van der Waals surface area contributed by atoms with E-state index in [9.17, 15) is 9.90 Å². The van der Waals surface area contributed by atoms with Crippen molar-refractivity contribution in [1.82, 2.24) is 20.0 Å². The number of carboxylic acid groups (broad SMARTS) is 1. The smallest absolute Gasteiger partial charge is 0.360 e. The average Bonchev–Trinajstić information content (AvgIpc) is 3.62. The van der Waals surface area contributed by atoms with Gasteiger partial charge in [-0.1, -0.05) is 101 Å². The first-order valence-corrected chi connectivity index (χ1v) is 13.2. The number of nitrogens with two attached hydrogens (primary N) is 1. The zero-order chi connectivity index (χ0) is 27.5. The molecule has 0 fully saturated rings. The van der Waals surface area contributed by atoms with Crippen LogP contribution in [0.3, 0.4) is 0 Å². The molecule has 0 aliphatic carbocycles. The fraction of sp³-hybridized carbons (Fsp3) is 0.0333. The number of hydrogen-bond donors (Lipinski definition) is 2. The molecule has 6 rings (SSSR count). The third kappa shape index (κ3) is 4.36. The maximum absolute atomic E-state index is 12.3. The average molecular weight is 547 g/mol. The number of aromatic nitrogens is 4. The number of anilines is 1. The van der Waals surface area contributed by atoms with Crippen LogP contribution in [0.15, 0.2) is 120 Å². The van der Waals surface area contributed by atoms with Crippen LogP contribution in [0.1, 0.15) is 22.4 Å². The molecule has 0 unspecified atom stereocenters. The summed E-state index contributed by atoms with van der Waals surface area (Å²) in [5, 5.41) is 24.9. The molecule has 10 heteroatoms. The second-order valence-corrected chi connectivity index (χ2v) is 9.72. The molecule has 0 aliphatic rings. The topological polar surface area (TPSA) is 129 Å². The van der Waals surface area contributed by atoms with E-state index >= 15 is 0 Å². The number of carboxylic acids is 1. The van der Waals surface area contributed by atoms with Crippen LogP contribution in [0.4, 0.5) is 5.13 Å². The minimum absolute atomic E-state index is 0.112. The van der Waals surface area contributed by atoms with Crippen molar-refractivity contribution in [2.75, 3.05) is 5.73 Å². The molecule has 3 N–H and O–H groups in total. The lowest BCUT2D eigenvalue weighted by atomic mass is 9.79. The summed E-state index contributed by atoms with van der Waals surface area (Å²) in [6, 6.07) is 34.3. The summed E-state index contributed by atoms with van der Waals surface area (Å²) < 4.78 is 1.75. The number of hydrogen-bond acceptors (Lipinski definition) is 8. The van der Waals surface area contributed by atoms with Crippen molar-refractivity contribution >= 4 is 39.2 Å². The predicted molar refractivity (Wildman–Crippen MR) is 153 cm³/mol. The summed E-state index contributed by atoms with van der Waals surface area (Å²) in [7, 11) is 0. The molecule has 0 bridgehead atoms. The maximum Gasteiger partial charge on any atom is 0.360 e. The minimum Gasteiger partial charge on any atom is -0.476 e. The Morgan fingerprint density at radius 2 is 1.50 bits per heavy atom. The summed E-state index contributed by atoms with van der Waals surface area (Å²) in [5.41, 5.74) is 8.50. The van der Waals surface area contributed by atoms with Crippen molar-refractivity contribution in [3.63, 3.8) is 0 Å². The molecule has 0 aliphatic heterocycles. The third-order valence-electron chi connectivity index (χ3n) is 6.46. The Bertz CT molecular complexity index is 1790. The zero-order valence-corrected chi connectivity index (χ0v) is 21.8. The van der Waals surface area contributed by atoms with Gasteiger partial charge in [0.2, 0.25) is 11.3 Å². The molecule has 0 atom stereocenters. The molecule has 9 nitrogen and oxygen atoms in total. The molecule has 2 heterocycles. The number of oxime groups is 1. The van der Waals surface area contributed by atoms with Crippen LogP contribution in [0.25, 0.3) is 16.7 Å². The first-order chi connectivity index (χ1) is 19.6. The number of carbonyl (C=O) groups is 1. The Hall–Kier alpha value is -5.35. The van der Waals surface area contributed by atoms with Crippen LogP contribution in [0, 0.1) is 0 Å². The van der Waals surface area contributed by atoms with Crippen LogP contribution < -0.4 is 5.73 Å². The Kier molecular flexibility index (Phi) is 6.51. The molecule has 0 amide bonds. The van der Waals surface area contributed by atoms with Crippen LogP contribution >= 0.6 is 11.3 Å². The highest BCUT2D eigenvalue weighted by Gasteiger charge is 2.42. The predicted octanol–water partition coefficient (Wildman–Crippen LogP) is 5.26. The van der Waals surface area contributed by atoms with E-state index in [1.54, 1.807) is 4.68 Å². The van der Waals surface area contributed by atoms with Gasteiger partial charge in [0.15, 0.2) is 5.13 Å². The number of benzene rings is 4. The van der Waals surface area contributed by atoms with Gasteiger partial charge in [-0.15, -0.1) is 16.4 Å². The van der Waals surface area contributed by atoms with Crippen molar-refractivity contribution < 1.29 is 14.7 Å². The summed E-state index contributed by atoms with van der Waals surface area (Å²) in [6.07, 6.45) is 0. The Morgan fingerprint density at radius 3 is 2.15 bits per heavy atom. The number of thiazole rings is 1. The van der Waals surface area contributed by atoms with E-state index in [1.807, 2.05) is 109 Å². The zero-order valence-electron chi connectivity index (χ0n) is 21.0. The highest BCUT2D eigenvalue weighted by Crippen LogP contribution is 2.43. The lowest BCUT2D eigenvalue weighted by molar-refractivity contribution is -0.129. The Labute approximate surface area is 232 Å². The maximum atomic E-state index is 12.3. The van der Waals surface area contributed by atoms with Gasteiger partial charge in [0, 0.05) is 22.1 Å². The third-order valence-corrected chi connectivity index (χ3v) is 7.14. The second kappa shape index (κ2) is 10.4. The number of rotatable bonds is 8. The number of fused-ring (bicyclic) bond motifs is 1. The SMILES string of the molecule is Nc1nc(/C(=N/OC(c2ccccc2)(c2ccccc2)c2ccccc2-n2nnc3ccccc32)C(=O)O)cs1. The van der Waals surface area contributed by atoms with Gasteiger partial charge in [-0.05, 0) is 18.2 Å². The van der Waals surface area contributed by atoms with Gasteiger partial charge in [0.1, 0.15) is 11.2 Å². The van der Waals surface area contributed by atoms with Gasteiger partial charge < -0.3 is 15.7 Å². The van der Waals surface area contributed by atoms with E-state index in [2.05, 4.69) is 20.5 Å². The van der Waals surface area contributed by atoms with Gasteiger partial charge in [0.25, 0.3) is 0 Å². The van der Waals surface area contributed by atoms with Crippen LogP contribution in [-0.4, -0.2) is 36.8 Å². The quantitative estimate of drug-likeness (QED) is 0.151. The molecule has 196 valence electrons. The summed E-state index contributed by atoms with van der Waals surface area (Å²) >= 11 is 1.12. The number of nitrogen functional groups attached to an aromatic ring is 1. The molecule has 0 spiro atoms. The first kappa shape index (κ1) is 25.0. The van der Waals surface area contributed by atoms with Gasteiger partial charge in [-0.3, -0.25) is 0 Å². The van der Waals surface area contributed by atoms with Crippen molar-refractivity contribution in [3.8, 4) is 5.69 Å². The largest absolute Gasteiger partial charge is 0.476 e. The number of para-hydroxylation sites is 2. The molecule has 40 heavy (non-hydrogen) atoms. The molecule has 0 radical (unpaired) electrons. The summed E-state index contributed by atoms with van der Waals surface area (Å²) in [6.45, 7) is 0. The fourth-order valence-corrected chi connectivity index (χ4v) is 5.23. The van der Waals surface area contributed by atoms with E-state index in [0.717, 1.165) is 33.5 Å².